The summed E-state index contributed by atoms with van der Waals surface area (Å²) in [6, 6.07) is 2.75. The van der Waals surface area contributed by atoms with Crippen molar-refractivity contribution in [2.24, 2.45) is 0 Å². The maximum Gasteiger partial charge on any atom is 0.141 e. The van der Waals surface area contributed by atoms with E-state index in [1.165, 1.54) is 12.3 Å². The lowest BCUT2D eigenvalue weighted by molar-refractivity contribution is 0.552. The quantitative estimate of drug-likeness (QED) is 0.876. The molecule has 2 aromatic heterocycles. The second-order valence-electron chi connectivity index (χ2n) is 3.40. The zero-order chi connectivity index (χ0) is 11.7. The maximum atomic E-state index is 12.7. The van der Waals surface area contributed by atoms with Gasteiger partial charge in [0, 0.05) is 0 Å². The van der Waals surface area contributed by atoms with Gasteiger partial charge in [-0.15, -0.1) is 0 Å². The molecule has 0 radical (unpaired) electrons. The van der Waals surface area contributed by atoms with Crippen molar-refractivity contribution in [2.45, 2.75) is 13.0 Å². The summed E-state index contributed by atoms with van der Waals surface area (Å²) in [6.07, 6.45) is 2.63. The van der Waals surface area contributed by atoms with Crippen molar-refractivity contribution in [3.63, 3.8) is 0 Å². The number of halogens is 2. The molecule has 0 aliphatic rings. The van der Waals surface area contributed by atoms with Crippen LogP contribution in [0.15, 0.2) is 24.5 Å². The molecule has 2 N–H and O–H groups in total. The molecular formula is C10H10ClFN4. The summed E-state index contributed by atoms with van der Waals surface area (Å²) in [5.74, 6) is 0.00251. The highest BCUT2D eigenvalue weighted by Crippen LogP contribution is 2.24. The van der Waals surface area contributed by atoms with Gasteiger partial charge in [-0.2, -0.15) is 5.10 Å². The lowest BCUT2D eigenvalue weighted by Crippen LogP contribution is -2.12. The molecule has 0 aromatic carbocycles. The number of nitrogens with zero attached hydrogens (tertiary/aromatic N) is 3. The van der Waals surface area contributed by atoms with E-state index in [9.17, 15) is 4.39 Å². The van der Waals surface area contributed by atoms with E-state index >= 15 is 0 Å². The molecule has 1 atom stereocenters. The number of pyridine rings is 1. The smallest absolute Gasteiger partial charge is 0.141 e. The summed E-state index contributed by atoms with van der Waals surface area (Å²) < 4.78 is 14.2. The normalized spacial score (nSPS) is 12.7. The molecule has 4 nitrogen and oxygen atoms in total. The number of rotatable bonds is 2. The van der Waals surface area contributed by atoms with Crippen LogP contribution in [0, 0.1) is 5.82 Å². The average molecular weight is 241 g/mol. The molecule has 84 valence electrons. The zero-order valence-corrected chi connectivity index (χ0v) is 9.32. The van der Waals surface area contributed by atoms with Crippen molar-refractivity contribution in [2.75, 3.05) is 5.73 Å². The molecule has 0 aliphatic carbocycles. The number of hydrogen-bond acceptors (Lipinski definition) is 3. The van der Waals surface area contributed by atoms with Gasteiger partial charge >= 0.3 is 0 Å². The molecule has 0 bridgehead atoms. The summed E-state index contributed by atoms with van der Waals surface area (Å²) in [5, 5.41) is 4.44. The van der Waals surface area contributed by atoms with Crippen LogP contribution in [0.3, 0.4) is 0 Å². The fraction of sp³-hybridized carbons (Fsp3) is 0.200. The highest BCUT2D eigenvalue weighted by Gasteiger charge is 2.14. The van der Waals surface area contributed by atoms with Gasteiger partial charge in [0.1, 0.15) is 16.7 Å². The first-order valence-electron chi connectivity index (χ1n) is 4.69. The first-order valence-corrected chi connectivity index (χ1v) is 5.07. The van der Waals surface area contributed by atoms with Gasteiger partial charge in [-0.3, -0.25) is 4.98 Å². The molecule has 6 heteroatoms. The van der Waals surface area contributed by atoms with E-state index in [0.717, 1.165) is 6.20 Å². The number of nitrogens with two attached hydrogens (primary N) is 1. The van der Waals surface area contributed by atoms with Gasteiger partial charge < -0.3 is 5.73 Å². The molecule has 16 heavy (non-hydrogen) atoms. The van der Waals surface area contributed by atoms with Gasteiger partial charge in [0.2, 0.25) is 0 Å². The minimum Gasteiger partial charge on any atom is -0.383 e. The van der Waals surface area contributed by atoms with Crippen LogP contribution in [0.25, 0.3) is 0 Å². The lowest BCUT2D eigenvalue weighted by atomic mass is 10.2. The highest BCUT2D eigenvalue weighted by atomic mass is 35.5. The third-order valence-corrected chi connectivity index (χ3v) is 2.62. The van der Waals surface area contributed by atoms with Gasteiger partial charge in [0.15, 0.2) is 0 Å². The van der Waals surface area contributed by atoms with Crippen molar-refractivity contribution >= 4 is 17.4 Å². The SMILES string of the molecule is CC(c1ccc(F)cn1)n1ncc(Cl)c1N. The largest absolute Gasteiger partial charge is 0.383 e. The second-order valence-corrected chi connectivity index (χ2v) is 3.81. The minimum absolute atomic E-state index is 0.187. The Morgan fingerprint density at radius 2 is 2.19 bits per heavy atom. The van der Waals surface area contributed by atoms with E-state index in [1.807, 2.05) is 6.92 Å². The van der Waals surface area contributed by atoms with Crippen molar-refractivity contribution in [1.82, 2.24) is 14.8 Å². The van der Waals surface area contributed by atoms with Gasteiger partial charge in [-0.1, -0.05) is 11.6 Å². The van der Waals surface area contributed by atoms with E-state index in [0.29, 0.717) is 16.5 Å². The number of hydrogen-bond donors (Lipinski definition) is 1. The first-order chi connectivity index (χ1) is 7.59. The molecule has 2 aromatic rings. The maximum absolute atomic E-state index is 12.7. The fourth-order valence-electron chi connectivity index (χ4n) is 1.42. The predicted molar refractivity (Wildman–Crippen MR) is 59.7 cm³/mol. The van der Waals surface area contributed by atoms with Gasteiger partial charge in [0.05, 0.1) is 24.1 Å². The van der Waals surface area contributed by atoms with Crippen molar-refractivity contribution in [3.8, 4) is 0 Å². The van der Waals surface area contributed by atoms with E-state index in [1.54, 1.807) is 10.7 Å². The Labute approximate surface area is 96.9 Å². The van der Waals surface area contributed by atoms with Crippen LogP contribution in [0.1, 0.15) is 18.7 Å². The number of aromatic nitrogens is 3. The monoisotopic (exact) mass is 240 g/mol. The molecular weight excluding hydrogens is 231 g/mol. The molecule has 0 aliphatic heterocycles. The number of anilines is 1. The molecule has 0 fully saturated rings. The standard InChI is InChI=1S/C10H10ClFN4/c1-6(9-3-2-7(12)4-14-9)16-10(13)8(11)5-15-16/h2-6H,13H2,1H3. The highest BCUT2D eigenvalue weighted by molar-refractivity contribution is 6.32. The van der Waals surface area contributed by atoms with E-state index in [2.05, 4.69) is 10.1 Å². The lowest BCUT2D eigenvalue weighted by Gasteiger charge is -2.13. The molecule has 0 saturated heterocycles. The Balaban J connectivity index is 2.35. The molecule has 0 saturated carbocycles. The van der Waals surface area contributed by atoms with Crippen molar-refractivity contribution < 1.29 is 4.39 Å². The second kappa shape index (κ2) is 4.09. The summed E-state index contributed by atoms with van der Waals surface area (Å²) >= 11 is 5.80. The topological polar surface area (TPSA) is 56.7 Å². The average Bonchev–Trinajstić information content (AvgIpc) is 2.60. The van der Waals surface area contributed by atoms with Crippen LogP contribution in [0.2, 0.25) is 5.02 Å². The molecule has 0 amide bonds. The summed E-state index contributed by atoms with van der Waals surface area (Å²) in [5.41, 5.74) is 6.41. The molecule has 2 heterocycles. The summed E-state index contributed by atoms with van der Waals surface area (Å²) in [6.45, 7) is 1.86. The van der Waals surface area contributed by atoms with Crippen LogP contribution in [0.4, 0.5) is 10.2 Å². The zero-order valence-electron chi connectivity index (χ0n) is 8.56. The van der Waals surface area contributed by atoms with Crippen LogP contribution in [0.5, 0.6) is 0 Å². The Hall–Kier alpha value is -1.62. The molecule has 0 spiro atoms. The Bertz CT molecular complexity index is 494. The van der Waals surface area contributed by atoms with Crippen molar-refractivity contribution in [3.05, 3.63) is 41.1 Å². The fourth-order valence-corrected chi connectivity index (χ4v) is 1.55. The summed E-state index contributed by atoms with van der Waals surface area (Å²) in [7, 11) is 0. The van der Waals surface area contributed by atoms with Gasteiger partial charge in [-0.05, 0) is 19.1 Å². The van der Waals surface area contributed by atoms with Gasteiger partial charge in [0.25, 0.3) is 0 Å². The number of nitrogen functional groups attached to an aromatic ring is 1. The molecule has 1 unspecified atom stereocenters. The van der Waals surface area contributed by atoms with Crippen molar-refractivity contribution in [1.29, 1.82) is 0 Å². The Kier molecular flexibility index (Phi) is 2.78. The Morgan fingerprint density at radius 3 is 2.69 bits per heavy atom. The van der Waals surface area contributed by atoms with Crippen LogP contribution < -0.4 is 5.73 Å². The van der Waals surface area contributed by atoms with E-state index in [4.69, 9.17) is 17.3 Å². The summed E-state index contributed by atoms with van der Waals surface area (Å²) in [4.78, 5) is 3.97. The predicted octanol–water partition coefficient (Wildman–Crippen LogP) is 2.26. The van der Waals surface area contributed by atoms with Crippen LogP contribution >= 0.6 is 11.6 Å². The first kappa shape index (κ1) is 10.9. The van der Waals surface area contributed by atoms with Gasteiger partial charge in [-0.25, -0.2) is 9.07 Å². The minimum atomic E-state index is -0.373. The van der Waals surface area contributed by atoms with E-state index in [-0.39, 0.29) is 11.9 Å². The van der Waals surface area contributed by atoms with Crippen LogP contribution in [-0.4, -0.2) is 14.8 Å². The van der Waals surface area contributed by atoms with E-state index < -0.39 is 0 Å². The third kappa shape index (κ3) is 1.86. The Morgan fingerprint density at radius 1 is 1.44 bits per heavy atom. The van der Waals surface area contributed by atoms with Crippen LogP contribution in [-0.2, 0) is 0 Å². The third-order valence-electron chi connectivity index (χ3n) is 2.33. The molecule has 2 rings (SSSR count).